The Morgan fingerprint density at radius 3 is 2.06 bits per heavy atom. The van der Waals surface area contributed by atoms with Crippen molar-refractivity contribution in [3.8, 4) is 29.2 Å². The normalized spacial score (nSPS) is 12.9. The number of azo groups is 3. The fourth-order valence-electron chi connectivity index (χ4n) is 7.32. The number of para-hydroxylation sites is 2. The van der Waals surface area contributed by atoms with Gasteiger partial charge in [-0.3, -0.25) is 22.6 Å². The molecule has 0 bridgehead atoms. The predicted molar refractivity (Wildman–Crippen MR) is 255 cm³/mol. The maximum absolute atomic E-state index is 13.1. The molecule has 26 nitrogen and oxygen atoms in total. The maximum atomic E-state index is 13.1. The van der Waals surface area contributed by atoms with Crippen LogP contribution in [0.25, 0.3) is 37.7 Å². The van der Waals surface area contributed by atoms with Gasteiger partial charge in [-0.25, -0.2) is 9.97 Å². The molecule has 72 heavy (non-hydrogen) atoms. The minimum Gasteiger partial charge on any atom is -0.505 e. The number of aryl methyl sites for hydroxylation is 1. The summed E-state index contributed by atoms with van der Waals surface area (Å²) in [6.45, 7) is 2.53. The molecule has 8 rings (SSSR count). The van der Waals surface area contributed by atoms with Crippen molar-refractivity contribution in [1.82, 2.24) is 14.4 Å². The number of nitriles is 1. The highest BCUT2D eigenvalue weighted by atomic mass is 32.2. The number of pyridine rings is 1. The molecule has 8 aromatic rings. The van der Waals surface area contributed by atoms with E-state index in [0.717, 1.165) is 23.5 Å². The van der Waals surface area contributed by atoms with E-state index in [1.54, 1.807) is 24.3 Å². The number of methoxy groups -OCH3 is 1. The number of rotatable bonds is 15. The van der Waals surface area contributed by atoms with Gasteiger partial charge in [0.05, 0.1) is 46.4 Å². The summed E-state index contributed by atoms with van der Waals surface area (Å²) in [7, 11) is -18.9. The molecule has 3 aromatic heterocycles. The molecule has 5 aromatic carbocycles. The topological polar surface area (TPSA) is 405 Å². The summed E-state index contributed by atoms with van der Waals surface area (Å²) in [4.78, 5) is 5.75. The Morgan fingerprint density at radius 2 is 1.39 bits per heavy atom. The largest absolute Gasteiger partial charge is 0.505 e. The van der Waals surface area contributed by atoms with E-state index in [1.807, 2.05) is 6.07 Å². The second kappa shape index (κ2) is 18.8. The Morgan fingerprint density at radius 1 is 0.708 bits per heavy atom. The van der Waals surface area contributed by atoms with Crippen LogP contribution in [0.5, 0.6) is 23.1 Å². The number of phenols is 1. The Kier molecular flexibility index (Phi) is 13.3. The van der Waals surface area contributed by atoms with Gasteiger partial charge in [-0.05, 0) is 74.4 Å². The number of nitrogens with zero attached hydrogens (tertiary/aromatic N) is 10. The molecule has 0 aliphatic carbocycles. The number of thiazole rings is 1. The molecule has 31 heteroatoms. The van der Waals surface area contributed by atoms with Crippen LogP contribution in [0.15, 0.2) is 112 Å². The van der Waals surface area contributed by atoms with Crippen LogP contribution in [-0.2, 0) is 40.5 Å². The zero-order valence-corrected chi connectivity index (χ0v) is 40.8. The molecule has 0 saturated carbocycles. The molecule has 6 N–H and O–H groups in total. The van der Waals surface area contributed by atoms with Crippen LogP contribution in [0, 0.1) is 25.2 Å². The van der Waals surface area contributed by atoms with Crippen molar-refractivity contribution in [3.63, 3.8) is 0 Å². The standard InChI is InChI=1S/C41H32N10O16S5/c1-19-15-28(31(67-13-6-14-69(54,55)56)17-27(19)46-50-41-44-25-11-12-30(66-3)38(36(25)68-41)72(63,64)65)47-49-34-32(70(57,58)59)16-22-21(35(34)52)9-10-26(37(22)71(60,61)62)45-48-33-20(2)23(18-42)39-43-24-7-4-5-8-29(24)51(39)40(33)53/h4-5,7-12,15-17,52-53H,6,13-14H2,1-3H3,(H,54,55,56)(H,57,58,59)(H,60,61,62)(H,63,64,65). The second-order valence-electron chi connectivity index (χ2n) is 15.2. The molecule has 0 aliphatic heterocycles. The number of hydrogen-bond acceptors (Lipinski definition) is 22. The molecule has 0 aliphatic rings. The van der Waals surface area contributed by atoms with Crippen molar-refractivity contribution >= 4 is 123 Å². The van der Waals surface area contributed by atoms with Gasteiger partial charge in [-0.2, -0.15) is 38.9 Å². The molecule has 0 radical (unpaired) electrons. The van der Waals surface area contributed by atoms with E-state index in [9.17, 15) is 67.4 Å². The first kappa shape index (κ1) is 50.7. The predicted octanol–water partition coefficient (Wildman–Crippen LogP) is 8.80. The molecule has 0 fully saturated rings. The van der Waals surface area contributed by atoms with Crippen LogP contribution in [0.2, 0.25) is 0 Å². The number of imidazole rings is 1. The van der Waals surface area contributed by atoms with Gasteiger partial charge < -0.3 is 19.7 Å². The third-order valence-electron chi connectivity index (χ3n) is 10.5. The van der Waals surface area contributed by atoms with Gasteiger partial charge in [-0.1, -0.05) is 23.5 Å². The fraction of sp³-hybridized carbons (Fsp3) is 0.146. The first-order valence-corrected chi connectivity index (χ1v) is 26.8. The number of phenolic OH excluding ortho intramolecular Hbond substituents is 1. The van der Waals surface area contributed by atoms with E-state index < -0.39 is 94.7 Å². The SMILES string of the molecule is COc1ccc2nc(N=Nc3cc(OCCCS(=O)(=O)O)c(N=Nc4c(S(=O)(=O)O)cc5c(S(=O)(=O)O)c(N=Nc6c(C)c(C#N)c7nc8ccccc8n7c6O)ccc5c4O)cc3C)sc2c1S(=O)(=O)O. The smallest absolute Gasteiger partial charge is 0.299 e. The van der Waals surface area contributed by atoms with Gasteiger partial charge in [0, 0.05) is 22.4 Å². The average Bonchev–Trinajstić information content (AvgIpc) is 3.90. The quantitative estimate of drug-likeness (QED) is 0.0317. The second-order valence-corrected chi connectivity index (χ2v) is 21.8. The summed E-state index contributed by atoms with van der Waals surface area (Å²) >= 11 is 0.742. The number of hydrogen-bond donors (Lipinski definition) is 6. The number of benzene rings is 5. The number of aromatic nitrogens is 3. The molecule has 0 spiro atoms. The van der Waals surface area contributed by atoms with Crippen molar-refractivity contribution in [3.05, 3.63) is 83.4 Å². The van der Waals surface area contributed by atoms with Crippen LogP contribution >= 0.6 is 11.3 Å². The minimum absolute atomic E-state index is 0.00331. The van der Waals surface area contributed by atoms with Crippen molar-refractivity contribution in [2.75, 3.05) is 19.5 Å². The lowest BCUT2D eigenvalue weighted by molar-refractivity contribution is 0.317. The first-order valence-electron chi connectivity index (χ1n) is 20.0. The Balaban J connectivity index is 1.22. The van der Waals surface area contributed by atoms with Gasteiger partial charge in [-0.15, -0.1) is 30.7 Å². The Labute approximate surface area is 409 Å². The highest BCUT2D eigenvalue weighted by molar-refractivity contribution is 7.87. The third-order valence-corrected chi connectivity index (χ3v) is 15.2. The van der Waals surface area contributed by atoms with Crippen molar-refractivity contribution < 1.29 is 71.6 Å². The monoisotopic (exact) mass is 1080 g/mol. The van der Waals surface area contributed by atoms with E-state index in [-0.39, 0.29) is 79.3 Å². The maximum Gasteiger partial charge on any atom is 0.299 e. The molecule has 0 saturated heterocycles. The summed E-state index contributed by atoms with van der Waals surface area (Å²) < 4.78 is 151. The average molecular weight is 1080 g/mol. The molecule has 3 heterocycles. The van der Waals surface area contributed by atoms with Crippen LogP contribution in [-0.4, -0.2) is 95.9 Å². The van der Waals surface area contributed by atoms with Gasteiger partial charge in [0.25, 0.3) is 40.5 Å². The number of fused-ring (bicyclic) bond motifs is 5. The molecule has 372 valence electrons. The third kappa shape index (κ3) is 9.84. The van der Waals surface area contributed by atoms with E-state index in [0.29, 0.717) is 17.1 Å². The minimum atomic E-state index is -5.46. The highest BCUT2D eigenvalue weighted by Crippen LogP contribution is 2.47. The zero-order valence-electron chi connectivity index (χ0n) is 36.8. The summed E-state index contributed by atoms with van der Waals surface area (Å²) in [5.74, 6) is -2.76. The molecule has 0 unspecified atom stereocenters. The molecular formula is C41H32N10O16S5. The van der Waals surface area contributed by atoms with Crippen LogP contribution in [0.3, 0.4) is 0 Å². The fourth-order valence-corrected chi connectivity index (χ4v) is 11.3. The summed E-state index contributed by atoms with van der Waals surface area (Å²) in [6.07, 6.45) is -0.264. The van der Waals surface area contributed by atoms with E-state index >= 15 is 0 Å². The Hall–Kier alpha value is -7.67. The lowest BCUT2D eigenvalue weighted by Crippen LogP contribution is -2.08. The van der Waals surface area contributed by atoms with E-state index in [1.165, 1.54) is 49.6 Å². The highest BCUT2D eigenvalue weighted by Gasteiger charge is 2.29. The molecule has 0 atom stereocenters. The van der Waals surface area contributed by atoms with E-state index in [2.05, 4.69) is 40.7 Å². The van der Waals surface area contributed by atoms with Crippen molar-refractivity contribution in [2.45, 2.75) is 35.0 Å². The van der Waals surface area contributed by atoms with Crippen LogP contribution < -0.4 is 9.47 Å². The lowest BCUT2D eigenvalue weighted by atomic mass is 10.1. The molecule has 0 amide bonds. The van der Waals surface area contributed by atoms with Crippen molar-refractivity contribution in [2.24, 2.45) is 30.7 Å². The Bertz CT molecular complexity index is 4230. The summed E-state index contributed by atoms with van der Waals surface area (Å²) in [5.41, 5.74) is -0.812. The number of ether oxygens (including phenoxy) is 2. The van der Waals surface area contributed by atoms with Gasteiger partial charge in [0.15, 0.2) is 22.0 Å². The summed E-state index contributed by atoms with van der Waals surface area (Å²) in [5, 5.41) is 55.8. The van der Waals surface area contributed by atoms with Gasteiger partial charge >= 0.3 is 0 Å². The first-order chi connectivity index (χ1) is 33.8. The van der Waals surface area contributed by atoms with Crippen LogP contribution in [0.1, 0.15) is 23.1 Å². The zero-order chi connectivity index (χ0) is 52.2. The lowest BCUT2D eigenvalue weighted by Gasteiger charge is -2.13. The number of aromatic hydroxyl groups is 2. The van der Waals surface area contributed by atoms with Gasteiger partial charge in [0.1, 0.15) is 50.0 Å². The van der Waals surface area contributed by atoms with Gasteiger partial charge in [0.2, 0.25) is 11.0 Å². The summed E-state index contributed by atoms with van der Waals surface area (Å²) in [6, 6.07) is 16.4. The van der Waals surface area contributed by atoms with Crippen molar-refractivity contribution in [1.29, 1.82) is 5.26 Å². The van der Waals surface area contributed by atoms with Crippen LogP contribution in [0.4, 0.5) is 33.6 Å². The van der Waals surface area contributed by atoms with E-state index in [4.69, 9.17) is 9.47 Å². The molecular weight excluding hydrogens is 1050 g/mol.